The quantitative estimate of drug-likeness (QED) is 0.670. The van der Waals surface area contributed by atoms with E-state index in [-0.39, 0.29) is 17.8 Å². The lowest BCUT2D eigenvalue weighted by atomic mass is 9.46. The molecule has 3 unspecified atom stereocenters. The molecule has 3 saturated carbocycles. The summed E-state index contributed by atoms with van der Waals surface area (Å²) in [6.07, 6.45) is 9.50. The third-order valence-corrected chi connectivity index (χ3v) is 10.0. The third-order valence-electron chi connectivity index (χ3n) is 10.0. The van der Waals surface area contributed by atoms with Gasteiger partial charge in [-0.2, -0.15) is 0 Å². The minimum atomic E-state index is -0.00834. The molecule has 2 saturated heterocycles. The van der Waals surface area contributed by atoms with Crippen molar-refractivity contribution in [2.45, 2.75) is 77.8 Å². The molecule has 28 heavy (non-hydrogen) atoms. The molecule has 6 rings (SSSR count). The molecule has 6 aliphatic rings. The summed E-state index contributed by atoms with van der Waals surface area (Å²) in [5, 5.41) is 0. The van der Waals surface area contributed by atoms with Gasteiger partial charge in [-0.1, -0.05) is 20.8 Å². The molecule has 9 atom stereocenters. The van der Waals surface area contributed by atoms with Crippen molar-refractivity contribution in [3.05, 3.63) is 11.6 Å². The van der Waals surface area contributed by atoms with Crippen molar-refractivity contribution >= 4 is 5.78 Å². The maximum absolute atomic E-state index is 12.1. The van der Waals surface area contributed by atoms with E-state index in [0.29, 0.717) is 41.0 Å². The zero-order valence-electron chi connectivity index (χ0n) is 17.5. The van der Waals surface area contributed by atoms with Crippen molar-refractivity contribution in [2.24, 2.45) is 40.4 Å². The highest BCUT2D eigenvalue weighted by Gasteiger charge is 2.69. The van der Waals surface area contributed by atoms with Gasteiger partial charge < -0.3 is 14.2 Å². The largest absolute Gasteiger partial charge is 0.365 e. The maximum atomic E-state index is 12.1. The maximum Gasteiger partial charge on any atom is 0.160 e. The zero-order valence-corrected chi connectivity index (χ0v) is 17.5. The van der Waals surface area contributed by atoms with Crippen LogP contribution in [-0.4, -0.2) is 37.5 Å². The molecule has 4 aliphatic carbocycles. The average Bonchev–Trinajstić information content (AvgIpc) is 3.11. The molecule has 0 spiro atoms. The molecular formula is C24H34O4. The van der Waals surface area contributed by atoms with Crippen LogP contribution in [0.25, 0.3) is 0 Å². The molecule has 0 bridgehead atoms. The lowest BCUT2D eigenvalue weighted by molar-refractivity contribution is -0.125. The van der Waals surface area contributed by atoms with Crippen LogP contribution in [0, 0.1) is 40.4 Å². The second-order valence-corrected chi connectivity index (χ2v) is 11.0. The topological polar surface area (TPSA) is 48.1 Å². The third kappa shape index (κ3) is 2.26. The number of carbonyl (C=O) groups is 1. The summed E-state index contributed by atoms with van der Waals surface area (Å²) in [4.78, 5) is 12.1. The van der Waals surface area contributed by atoms with E-state index in [9.17, 15) is 4.79 Å². The Bertz CT molecular complexity index is 724. The van der Waals surface area contributed by atoms with E-state index in [4.69, 9.17) is 14.2 Å². The number of hydrogen-bond donors (Lipinski definition) is 0. The van der Waals surface area contributed by atoms with E-state index >= 15 is 0 Å². The van der Waals surface area contributed by atoms with Crippen molar-refractivity contribution in [3.63, 3.8) is 0 Å². The fourth-order valence-electron chi connectivity index (χ4n) is 8.58. The van der Waals surface area contributed by atoms with Crippen LogP contribution >= 0.6 is 0 Å². The predicted octanol–water partition coefficient (Wildman–Crippen LogP) is 4.13. The van der Waals surface area contributed by atoms with Gasteiger partial charge in [-0.3, -0.25) is 4.79 Å². The minimum absolute atomic E-state index is 0.00834. The molecule has 154 valence electrons. The Labute approximate surface area is 168 Å². The van der Waals surface area contributed by atoms with Gasteiger partial charge in [0.15, 0.2) is 12.1 Å². The minimum Gasteiger partial charge on any atom is -0.365 e. The number of hydrogen-bond acceptors (Lipinski definition) is 4. The summed E-state index contributed by atoms with van der Waals surface area (Å²) in [6, 6.07) is 0. The number of ketones is 1. The highest BCUT2D eigenvalue weighted by Crippen LogP contribution is 2.70. The van der Waals surface area contributed by atoms with E-state index in [1.54, 1.807) is 0 Å². The Hall–Kier alpha value is -0.710. The van der Waals surface area contributed by atoms with E-state index in [2.05, 4.69) is 20.8 Å². The SMILES string of the molecule is C[C@H](C1OCCO1)[C@H]1CCC2C3C(CC[C@@]21C)[C@@]1(C)CCC(=O)C=C1[C@@H]1O[C@H]31. The first-order valence-corrected chi connectivity index (χ1v) is 11.6. The van der Waals surface area contributed by atoms with Crippen LogP contribution in [0.1, 0.15) is 59.3 Å². The Kier molecular flexibility index (Phi) is 3.83. The summed E-state index contributed by atoms with van der Waals surface area (Å²) < 4.78 is 18.1. The van der Waals surface area contributed by atoms with Crippen LogP contribution in [0.4, 0.5) is 0 Å². The van der Waals surface area contributed by atoms with Gasteiger partial charge in [0.25, 0.3) is 0 Å². The molecule has 0 radical (unpaired) electrons. The second-order valence-electron chi connectivity index (χ2n) is 11.0. The molecule has 2 aliphatic heterocycles. The van der Waals surface area contributed by atoms with Crippen LogP contribution in [0.3, 0.4) is 0 Å². The zero-order chi connectivity index (χ0) is 19.3. The predicted molar refractivity (Wildman–Crippen MR) is 104 cm³/mol. The van der Waals surface area contributed by atoms with Crippen molar-refractivity contribution in [1.29, 1.82) is 0 Å². The standard InChI is InChI=1S/C24H34O4/c1-13(22-26-10-11-27-22)15-4-5-16-19-17(7-9-23(15,16)2)24(3)8-6-14(25)12-18(24)20-21(19)28-20/h12-13,15-17,19-22H,4-11H2,1-3H3/t13-,15+,16?,17?,19?,20-,21+,23+,24+/m0/s1. The second kappa shape index (κ2) is 5.92. The smallest absolute Gasteiger partial charge is 0.160 e. The molecule has 0 aromatic rings. The normalized spacial score (nSPS) is 53.7. The number of fused-ring (bicyclic) bond motifs is 8. The van der Waals surface area contributed by atoms with Gasteiger partial charge in [0.1, 0.15) is 6.10 Å². The van der Waals surface area contributed by atoms with Crippen LogP contribution < -0.4 is 0 Å². The fourth-order valence-corrected chi connectivity index (χ4v) is 8.58. The van der Waals surface area contributed by atoms with Crippen molar-refractivity contribution in [1.82, 2.24) is 0 Å². The van der Waals surface area contributed by atoms with Gasteiger partial charge >= 0.3 is 0 Å². The Morgan fingerprint density at radius 1 is 1.07 bits per heavy atom. The molecule has 2 heterocycles. The Morgan fingerprint density at radius 3 is 2.64 bits per heavy atom. The van der Waals surface area contributed by atoms with E-state index in [1.165, 1.54) is 31.3 Å². The Balaban J connectivity index is 1.31. The van der Waals surface area contributed by atoms with Crippen molar-refractivity contribution < 1.29 is 19.0 Å². The lowest BCUT2D eigenvalue weighted by Gasteiger charge is -2.57. The first-order valence-electron chi connectivity index (χ1n) is 11.6. The highest BCUT2D eigenvalue weighted by molar-refractivity contribution is 5.92. The van der Waals surface area contributed by atoms with Gasteiger partial charge in [-0.25, -0.2) is 0 Å². The molecule has 4 nitrogen and oxygen atoms in total. The van der Waals surface area contributed by atoms with Gasteiger partial charge in [0.2, 0.25) is 0 Å². The summed E-state index contributed by atoms with van der Waals surface area (Å²) in [6.45, 7) is 8.85. The monoisotopic (exact) mass is 386 g/mol. The molecule has 0 N–H and O–H groups in total. The summed E-state index contributed by atoms with van der Waals surface area (Å²) in [7, 11) is 0. The van der Waals surface area contributed by atoms with Crippen LogP contribution in [0.15, 0.2) is 11.6 Å². The van der Waals surface area contributed by atoms with Crippen molar-refractivity contribution in [3.8, 4) is 0 Å². The summed E-state index contributed by atoms with van der Waals surface area (Å²) >= 11 is 0. The highest BCUT2D eigenvalue weighted by atomic mass is 16.7. The summed E-state index contributed by atoms with van der Waals surface area (Å²) in [5.74, 6) is 3.55. The van der Waals surface area contributed by atoms with Gasteiger partial charge in [-0.15, -0.1) is 0 Å². The molecule has 0 amide bonds. The molecule has 5 fully saturated rings. The molecule has 4 heteroatoms. The first-order chi connectivity index (χ1) is 13.4. The van der Waals surface area contributed by atoms with Crippen LogP contribution in [0.5, 0.6) is 0 Å². The van der Waals surface area contributed by atoms with Crippen LogP contribution in [0.2, 0.25) is 0 Å². The average molecular weight is 387 g/mol. The van der Waals surface area contributed by atoms with Gasteiger partial charge in [0.05, 0.1) is 19.3 Å². The van der Waals surface area contributed by atoms with Gasteiger partial charge in [0, 0.05) is 12.3 Å². The number of epoxide rings is 1. The molecular weight excluding hydrogens is 352 g/mol. The van der Waals surface area contributed by atoms with Crippen LogP contribution in [-0.2, 0) is 19.0 Å². The first kappa shape index (κ1) is 18.1. The Morgan fingerprint density at radius 2 is 1.86 bits per heavy atom. The summed E-state index contributed by atoms with van der Waals surface area (Å²) in [5.41, 5.74) is 1.89. The van der Waals surface area contributed by atoms with E-state index in [0.717, 1.165) is 32.0 Å². The molecule has 0 aromatic heterocycles. The van der Waals surface area contributed by atoms with E-state index < -0.39 is 0 Å². The number of rotatable bonds is 2. The fraction of sp³-hybridized carbons (Fsp3) is 0.875. The molecule has 0 aromatic carbocycles. The van der Waals surface area contributed by atoms with E-state index in [1.807, 2.05) is 6.08 Å². The van der Waals surface area contributed by atoms with Crippen molar-refractivity contribution in [2.75, 3.05) is 13.2 Å². The van der Waals surface area contributed by atoms with Gasteiger partial charge in [-0.05, 0) is 78.3 Å². The number of ether oxygens (including phenoxy) is 3. The lowest BCUT2D eigenvalue weighted by Crippen LogP contribution is -2.54. The number of carbonyl (C=O) groups excluding carboxylic acids is 1.